The van der Waals surface area contributed by atoms with Gasteiger partial charge in [-0.15, -0.1) is 0 Å². The number of fused-ring (bicyclic) bond motifs is 2. The van der Waals surface area contributed by atoms with Gasteiger partial charge >= 0.3 is 0 Å². The Kier molecular flexibility index (Phi) is 6.26. The molecule has 0 saturated heterocycles. The number of ether oxygens (including phenoxy) is 1. The first kappa shape index (κ1) is 23.5. The van der Waals surface area contributed by atoms with Crippen LogP contribution in [0, 0.1) is 11.3 Å². The van der Waals surface area contributed by atoms with Gasteiger partial charge in [0.2, 0.25) is 0 Å². The standard InChI is InChI=1S/C32H32N4O/c1-3-4-7-22-10-12-34-28(17-22)29-19-23(11-13-35-29)27(20-33)30-16-21(2)26-18-24-8-5-14-36-15-6-9-25(31(24)36)32(26)37-30/h10-13,16-19H,3-9,14-15H2,1-2H3/b30-27-. The van der Waals surface area contributed by atoms with Crippen molar-refractivity contribution in [3.05, 3.63) is 82.4 Å². The topological polar surface area (TPSA) is 62.0 Å². The molecular weight excluding hydrogens is 456 g/mol. The van der Waals surface area contributed by atoms with E-state index < -0.39 is 0 Å². The first-order valence-electron chi connectivity index (χ1n) is 13.5. The normalized spacial score (nSPS) is 17.2. The van der Waals surface area contributed by atoms with Gasteiger partial charge in [-0.3, -0.25) is 9.97 Å². The number of anilines is 1. The number of aromatic nitrogens is 2. The molecule has 0 radical (unpaired) electrons. The van der Waals surface area contributed by atoms with Crippen molar-refractivity contribution >= 4 is 16.8 Å². The van der Waals surface area contributed by atoms with Crippen LogP contribution in [0.15, 0.2) is 54.6 Å². The van der Waals surface area contributed by atoms with Crippen LogP contribution in [0.25, 0.3) is 22.5 Å². The SMILES string of the molecule is CCCCc1ccnc(-c2cc(/C(C#N)=C3/C=C(C)c4cc5c6c(c4O3)CCCN6CCC5)ccn2)c1. The molecule has 1 aromatic carbocycles. The highest BCUT2D eigenvalue weighted by Gasteiger charge is 2.31. The zero-order chi connectivity index (χ0) is 25.4. The monoisotopic (exact) mass is 488 g/mol. The van der Waals surface area contributed by atoms with E-state index in [1.807, 2.05) is 24.4 Å². The molecule has 5 heteroatoms. The molecule has 0 spiro atoms. The number of aryl methyl sites for hydroxylation is 2. The van der Waals surface area contributed by atoms with Gasteiger partial charge in [0.15, 0.2) is 0 Å². The highest BCUT2D eigenvalue weighted by molar-refractivity contribution is 5.87. The highest BCUT2D eigenvalue weighted by atomic mass is 16.5. The molecule has 186 valence electrons. The zero-order valence-electron chi connectivity index (χ0n) is 21.7. The molecule has 0 fully saturated rings. The maximum absolute atomic E-state index is 10.3. The molecule has 0 N–H and O–H groups in total. The molecule has 5 nitrogen and oxygen atoms in total. The molecule has 3 aliphatic rings. The molecule has 0 saturated carbocycles. The Morgan fingerprint density at radius 2 is 1.84 bits per heavy atom. The summed E-state index contributed by atoms with van der Waals surface area (Å²) in [5, 5.41) is 10.3. The fourth-order valence-corrected chi connectivity index (χ4v) is 5.92. The Hall–Kier alpha value is -3.91. The minimum atomic E-state index is 0.522. The number of nitrogens with zero attached hydrogens (tertiary/aromatic N) is 4. The van der Waals surface area contributed by atoms with E-state index in [0.717, 1.165) is 79.9 Å². The summed E-state index contributed by atoms with van der Waals surface area (Å²) in [6.45, 7) is 6.56. The van der Waals surface area contributed by atoms with Crippen molar-refractivity contribution in [2.45, 2.75) is 58.8 Å². The van der Waals surface area contributed by atoms with Gasteiger partial charge in [0.05, 0.1) is 11.4 Å². The van der Waals surface area contributed by atoms with Crippen molar-refractivity contribution in [3.63, 3.8) is 0 Å². The fraction of sp³-hybridized carbons (Fsp3) is 0.344. The van der Waals surface area contributed by atoms with E-state index in [2.05, 4.69) is 53.0 Å². The highest BCUT2D eigenvalue weighted by Crippen LogP contribution is 2.47. The third-order valence-electron chi connectivity index (χ3n) is 7.77. The Balaban J connectivity index is 1.41. The fourth-order valence-electron chi connectivity index (χ4n) is 5.92. The molecule has 0 unspecified atom stereocenters. The minimum absolute atomic E-state index is 0.522. The number of pyridine rings is 2. The van der Waals surface area contributed by atoms with Crippen LogP contribution in [-0.4, -0.2) is 23.1 Å². The Morgan fingerprint density at radius 1 is 1.05 bits per heavy atom. The molecule has 0 amide bonds. The second kappa shape index (κ2) is 9.86. The second-order valence-electron chi connectivity index (χ2n) is 10.3. The van der Waals surface area contributed by atoms with E-state index in [-0.39, 0.29) is 0 Å². The van der Waals surface area contributed by atoms with E-state index in [1.165, 1.54) is 34.4 Å². The lowest BCUT2D eigenvalue weighted by molar-refractivity contribution is 0.432. The summed E-state index contributed by atoms with van der Waals surface area (Å²) in [6, 6.07) is 12.8. The number of unbranched alkanes of at least 4 members (excludes halogenated alkanes) is 1. The van der Waals surface area contributed by atoms with Gasteiger partial charge < -0.3 is 9.64 Å². The van der Waals surface area contributed by atoms with Gasteiger partial charge in [0, 0.05) is 42.3 Å². The first-order chi connectivity index (χ1) is 18.2. The smallest absolute Gasteiger partial charge is 0.146 e. The molecule has 0 bridgehead atoms. The predicted octanol–water partition coefficient (Wildman–Crippen LogP) is 6.92. The number of nitriles is 1. The van der Waals surface area contributed by atoms with E-state index in [4.69, 9.17) is 4.74 Å². The average Bonchev–Trinajstić information content (AvgIpc) is 2.94. The van der Waals surface area contributed by atoms with Crippen LogP contribution in [0.2, 0.25) is 0 Å². The lowest BCUT2D eigenvalue weighted by Crippen LogP contribution is -2.35. The Morgan fingerprint density at radius 3 is 2.65 bits per heavy atom. The van der Waals surface area contributed by atoms with Gasteiger partial charge in [-0.2, -0.15) is 5.26 Å². The molecule has 0 atom stereocenters. The predicted molar refractivity (Wildman–Crippen MR) is 148 cm³/mol. The number of benzene rings is 1. The summed E-state index contributed by atoms with van der Waals surface area (Å²) >= 11 is 0. The van der Waals surface area contributed by atoms with Gasteiger partial charge in [-0.05, 0) is 104 Å². The summed E-state index contributed by atoms with van der Waals surface area (Å²) in [7, 11) is 0. The van der Waals surface area contributed by atoms with Gasteiger partial charge in [-0.1, -0.05) is 13.3 Å². The Bertz CT molecular complexity index is 1470. The van der Waals surface area contributed by atoms with Crippen LogP contribution in [0.3, 0.4) is 0 Å². The lowest BCUT2D eigenvalue weighted by Gasteiger charge is -2.39. The quantitative estimate of drug-likeness (QED) is 0.365. The van der Waals surface area contributed by atoms with Gasteiger partial charge in [-0.25, -0.2) is 0 Å². The lowest BCUT2D eigenvalue weighted by atomic mass is 9.86. The summed E-state index contributed by atoms with van der Waals surface area (Å²) in [4.78, 5) is 11.7. The van der Waals surface area contributed by atoms with Crippen molar-refractivity contribution in [1.29, 1.82) is 5.26 Å². The first-order valence-corrected chi connectivity index (χ1v) is 13.5. The third-order valence-corrected chi connectivity index (χ3v) is 7.77. The summed E-state index contributed by atoms with van der Waals surface area (Å²) in [5.74, 6) is 1.55. The van der Waals surface area contributed by atoms with Crippen LogP contribution in [0.4, 0.5) is 5.69 Å². The second-order valence-corrected chi connectivity index (χ2v) is 10.3. The van der Waals surface area contributed by atoms with Crippen LogP contribution in [0.5, 0.6) is 5.75 Å². The van der Waals surface area contributed by atoms with E-state index in [1.54, 1.807) is 6.20 Å². The van der Waals surface area contributed by atoms with Crippen LogP contribution in [0.1, 0.15) is 67.3 Å². The van der Waals surface area contributed by atoms with E-state index in [0.29, 0.717) is 11.3 Å². The van der Waals surface area contributed by atoms with Crippen LogP contribution < -0.4 is 9.64 Å². The van der Waals surface area contributed by atoms with Crippen LogP contribution >= 0.6 is 0 Å². The van der Waals surface area contributed by atoms with Gasteiger partial charge in [0.25, 0.3) is 0 Å². The van der Waals surface area contributed by atoms with Crippen LogP contribution in [-0.2, 0) is 19.3 Å². The summed E-state index contributed by atoms with van der Waals surface area (Å²) < 4.78 is 6.61. The van der Waals surface area contributed by atoms with Crippen molar-refractivity contribution < 1.29 is 4.74 Å². The van der Waals surface area contributed by atoms with Gasteiger partial charge in [0.1, 0.15) is 23.2 Å². The van der Waals surface area contributed by atoms with Crippen molar-refractivity contribution in [3.8, 4) is 23.2 Å². The minimum Gasteiger partial charge on any atom is -0.455 e. The molecule has 5 heterocycles. The molecule has 0 aliphatic carbocycles. The molecule has 6 rings (SSSR count). The van der Waals surface area contributed by atoms with Crippen molar-refractivity contribution in [1.82, 2.24) is 9.97 Å². The molecule has 2 aromatic heterocycles. The average molecular weight is 489 g/mol. The summed E-state index contributed by atoms with van der Waals surface area (Å²) in [6.07, 6.45) is 13.4. The van der Waals surface area contributed by atoms with E-state index >= 15 is 0 Å². The maximum Gasteiger partial charge on any atom is 0.146 e. The zero-order valence-corrected chi connectivity index (χ0v) is 21.7. The number of hydrogen-bond acceptors (Lipinski definition) is 5. The van der Waals surface area contributed by atoms with E-state index in [9.17, 15) is 5.26 Å². The molecule has 3 aliphatic heterocycles. The van der Waals surface area contributed by atoms with Crippen molar-refractivity contribution in [2.75, 3.05) is 18.0 Å². The van der Waals surface area contributed by atoms with Crippen molar-refractivity contribution in [2.24, 2.45) is 0 Å². The number of allylic oxidation sites excluding steroid dienone is 3. The Labute approximate surface area is 219 Å². The third kappa shape index (κ3) is 4.31. The number of rotatable bonds is 5. The number of hydrogen-bond donors (Lipinski definition) is 0. The summed E-state index contributed by atoms with van der Waals surface area (Å²) in [5.41, 5.74) is 10.6. The molecule has 3 aromatic rings. The maximum atomic E-state index is 10.3. The largest absolute Gasteiger partial charge is 0.455 e. The molecule has 37 heavy (non-hydrogen) atoms. The molecular formula is C32H32N4O.